The second-order valence-electron chi connectivity index (χ2n) is 4.40. The number of benzene rings is 1. The van der Waals surface area contributed by atoms with Gasteiger partial charge in [0.2, 0.25) is 0 Å². The van der Waals surface area contributed by atoms with Crippen LogP contribution in [-0.2, 0) is 11.3 Å². The molecule has 18 heavy (non-hydrogen) atoms. The molecule has 4 nitrogen and oxygen atoms in total. The minimum absolute atomic E-state index is 0.0705. The van der Waals surface area contributed by atoms with Crippen LogP contribution in [0.25, 0.3) is 0 Å². The van der Waals surface area contributed by atoms with E-state index < -0.39 is 5.97 Å². The summed E-state index contributed by atoms with van der Waals surface area (Å²) >= 11 is 0. The molecule has 0 amide bonds. The molecular formula is C14H21NO3. The number of ether oxygens (including phenoxy) is 1. The smallest absolute Gasteiger partial charge is 0.317 e. The van der Waals surface area contributed by atoms with Crippen molar-refractivity contribution in [2.24, 2.45) is 0 Å². The van der Waals surface area contributed by atoms with Gasteiger partial charge in [0, 0.05) is 12.6 Å². The van der Waals surface area contributed by atoms with E-state index in [4.69, 9.17) is 9.84 Å². The fraction of sp³-hybridized carbons (Fsp3) is 0.500. The van der Waals surface area contributed by atoms with Gasteiger partial charge in [-0.2, -0.15) is 0 Å². The molecule has 4 heteroatoms. The highest BCUT2D eigenvalue weighted by Crippen LogP contribution is 2.15. The van der Waals surface area contributed by atoms with E-state index in [-0.39, 0.29) is 12.6 Å². The number of carbonyl (C=O) groups is 1. The lowest BCUT2D eigenvalue weighted by molar-refractivity contribution is -0.139. The Morgan fingerprint density at radius 2 is 2.00 bits per heavy atom. The van der Waals surface area contributed by atoms with E-state index in [0.717, 1.165) is 17.7 Å². The van der Waals surface area contributed by atoms with Crippen LogP contribution in [-0.4, -0.2) is 35.7 Å². The Morgan fingerprint density at radius 1 is 1.39 bits per heavy atom. The van der Waals surface area contributed by atoms with Crippen LogP contribution in [0.5, 0.6) is 5.75 Å². The molecule has 100 valence electrons. The van der Waals surface area contributed by atoms with Gasteiger partial charge in [0.15, 0.2) is 0 Å². The minimum Gasteiger partial charge on any atom is -0.497 e. The standard InChI is InChI=1S/C14H21NO3/c1-4-11(2)15(10-14(16)17)9-12-5-7-13(18-3)8-6-12/h5-8,11H,4,9-10H2,1-3H3,(H,16,17). The van der Waals surface area contributed by atoms with E-state index in [9.17, 15) is 4.79 Å². The first-order chi connectivity index (χ1) is 8.56. The summed E-state index contributed by atoms with van der Waals surface area (Å²) in [5, 5.41) is 8.93. The van der Waals surface area contributed by atoms with Crippen LogP contribution in [0.3, 0.4) is 0 Å². The third kappa shape index (κ3) is 4.37. The Hall–Kier alpha value is -1.55. The highest BCUT2D eigenvalue weighted by Gasteiger charge is 2.15. The van der Waals surface area contributed by atoms with Crippen LogP contribution in [0.4, 0.5) is 0 Å². The first-order valence-electron chi connectivity index (χ1n) is 6.15. The highest BCUT2D eigenvalue weighted by atomic mass is 16.5. The first-order valence-corrected chi connectivity index (χ1v) is 6.15. The SMILES string of the molecule is CCC(C)N(CC(=O)O)Cc1ccc(OC)cc1. The van der Waals surface area contributed by atoms with Crippen molar-refractivity contribution in [3.05, 3.63) is 29.8 Å². The Bertz CT molecular complexity index is 375. The van der Waals surface area contributed by atoms with E-state index in [2.05, 4.69) is 6.92 Å². The fourth-order valence-electron chi connectivity index (χ4n) is 1.76. The van der Waals surface area contributed by atoms with Crippen molar-refractivity contribution in [3.8, 4) is 5.75 Å². The van der Waals surface area contributed by atoms with Gasteiger partial charge in [-0.3, -0.25) is 9.69 Å². The van der Waals surface area contributed by atoms with E-state index in [1.807, 2.05) is 36.1 Å². The number of carboxylic acids is 1. The molecular weight excluding hydrogens is 230 g/mol. The zero-order chi connectivity index (χ0) is 13.5. The quantitative estimate of drug-likeness (QED) is 0.808. The average Bonchev–Trinajstić information content (AvgIpc) is 2.37. The molecule has 0 saturated carbocycles. The van der Waals surface area contributed by atoms with Crippen molar-refractivity contribution in [3.63, 3.8) is 0 Å². The third-order valence-electron chi connectivity index (χ3n) is 3.10. The minimum atomic E-state index is -0.788. The average molecular weight is 251 g/mol. The lowest BCUT2D eigenvalue weighted by Gasteiger charge is -2.26. The number of methoxy groups -OCH3 is 1. The number of aliphatic carboxylic acids is 1. The van der Waals surface area contributed by atoms with E-state index in [0.29, 0.717) is 6.54 Å². The fourth-order valence-corrected chi connectivity index (χ4v) is 1.76. The van der Waals surface area contributed by atoms with Crippen molar-refractivity contribution in [1.82, 2.24) is 4.90 Å². The van der Waals surface area contributed by atoms with Gasteiger partial charge in [-0.1, -0.05) is 19.1 Å². The zero-order valence-electron chi connectivity index (χ0n) is 11.2. The summed E-state index contributed by atoms with van der Waals surface area (Å²) in [5.74, 6) is 0.0240. The summed E-state index contributed by atoms with van der Waals surface area (Å²) in [4.78, 5) is 12.8. The van der Waals surface area contributed by atoms with Gasteiger partial charge >= 0.3 is 5.97 Å². The molecule has 0 aliphatic heterocycles. The molecule has 0 fully saturated rings. The maximum atomic E-state index is 10.9. The van der Waals surface area contributed by atoms with Crippen molar-refractivity contribution in [2.75, 3.05) is 13.7 Å². The van der Waals surface area contributed by atoms with Crippen molar-refractivity contribution in [2.45, 2.75) is 32.9 Å². The van der Waals surface area contributed by atoms with Gasteiger partial charge in [0.1, 0.15) is 5.75 Å². The van der Waals surface area contributed by atoms with Gasteiger partial charge in [-0.05, 0) is 31.0 Å². The lowest BCUT2D eigenvalue weighted by atomic mass is 10.1. The van der Waals surface area contributed by atoms with Gasteiger partial charge in [-0.15, -0.1) is 0 Å². The molecule has 0 radical (unpaired) electrons. The molecule has 1 N–H and O–H groups in total. The largest absolute Gasteiger partial charge is 0.497 e. The molecule has 0 bridgehead atoms. The predicted molar refractivity (Wildman–Crippen MR) is 70.8 cm³/mol. The zero-order valence-corrected chi connectivity index (χ0v) is 11.2. The van der Waals surface area contributed by atoms with E-state index >= 15 is 0 Å². The molecule has 0 aliphatic carbocycles. The Morgan fingerprint density at radius 3 is 2.44 bits per heavy atom. The van der Waals surface area contributed by atoms with Gasteiger partial charge in [0.05, 0.1) is 13.7 Å². The molecule has 1 rings (SSSR count). The summed E-state index contributed by atoms with van der Waals surface area (Å²) in [7, 11) is 1.63. The number of nitrogens with zero attached hydrogens (tertiary/aromatic N) is 1. The summed E-state index contributed by atoms with van der Waals surface area (Å²) < 4.78 is 5.10. The van der Waals surface area contributed by atoms with Gasteiger partial charge in [-0.25, -0.2) is 0 Å². The molecule has 0 spiro atoms. The number of hydrogen-bond donors (Lipinski definition) is 1. The first kappa shape index (κ1) is 14.5. The summed E-state index contributed by atoms with van der Waals surface area (Å²) in [6.45, 7) is 4.83. The normalized spacial score (nSPS) is 12.4. The molecule has 1 aromatic carbocycles. The second kappa shape index (κ2) is 7.01. The summed E-state index contributed by atoms with van der Waals surface area (Å²) in [5.41, 5.74) is 1.09. The molecule has 0 saturated heterocycles. The maximum Gasteiger partial charge on any atom is 0.317 e. The predicted octanol–water partition coefficient (Wildman–Crippen LogP) is 2.38. The van der Waals surface area contributed by atoms with Crippen LogP contribution in [0, 0.1) is 0 Å². The molecule has 1 atom stereocenters. The van der Waals surface area contributed by atoms with Crippen molar-refractivity contribution < 1.29 is 14.6 Å². The molecule has 1 unspecified atom stereocenters. The van der Waals surface area contributed by atoms with Gasteiger partial charge in [0.25, 0.3) is 0 Å². The van der Waals surface area contributed by atoms with Crippen LogP contribution in [0.2, 0.25) is 0 Å². The second-order valence-corrected chi connectivity index (χ2v) is 4.40. The van der Waals surface area contributed by atoms with Crippen LogP contribution >= 0.6 is 0 Å². The number of rotatable bonds is 7. The lowest BCUT2D eigenvalue weighted by Crippen LogP contribution is -2.36. The van der Waals surface area contributed by atoms with Gasteiger partial charge < -0.3 is 9.84 Å². The highest BCUT2D eigenvalue weighted by molar-refractivity contribution is 5.69. The van der Waals surface area contributed by atoms with Crippen molar-refractivity contribution >= 4 is 5.97 Å². The molecule has 1 aromatic rings. The van der Waals surface area contributed by atoms with Crippen LogP contribution in [0.1, 0.15) is 25.8 Å². The number of carboxylic acid groups (broad SMARTS) is 1. The monoisotopic (exact) mass is 251 g/mol. The summed E-state index contributed by atoms with van der Waals surface area (Å²) in [6, 6.07) is 7.98. The van der Waals surface area contributed by atoms with Crippen LogP contribution in [0.15, 0.2) is 24.3 Å². The Kier molecular flexibility index (Phi) is 5.65. The molecule has 0 aliphatic rings. The van der Waals surface area contributed by atoms with Crippen molar-refractivity contribution in [1.29, 1.82) is 0 Å². The van der Waals surface area contributed by atoms with Crippen LogP contribution < -0.4 is 4.74 Å². The maximum absolute atomic E-state index is 10.9. The third-order valence-corrected chi connectivity index (χ3v) is 3.10. The topological polar surface area (TPSA) is 49.8 Å². The summed E-state index contributed by atoms with van der Waals surface area (Å²) in [6.07, 6.45) is 0.934. The van der Waals surface area contributed by atoms with E-state index in [1.165, 1.54) is 0 Å². The van der Waals surface area contributed by atoms with E-state index in [1.54, 1.807) is 7.11 Å². The molecule has 0 heterocycles. The number of hydrogen-bond acceptors (Lipinski definition) is 3. The Labute approximate surface area is 108 Å². The Balaban J connectivity index is 2.71. The molecule has 0 aromatic heterocycles.